The van der Waals surface area contributed by atoms with Crippen molar-refractivity contribution in [1.29, 1.82) is 0 Å². The molecule has 6 heterocycles. The van der Waals surface area contributed by atoms with Crippen LogP contribution in [-0.4, -0.2) is 114 Å². The molecule has 0 radical (unpaired) electrons. The predicted octanol–water partition coefficient (Wildman–Crippen LogP) is 15.7. The van der Waals surface area contributed by atoms with Gasteiger partial charge in [0.25, 0.3) is 0 Å². The van der Waals surface area contributed by atoms with E-state index in [4.69, 9.17) is 4.74 Å². The van der Waals surface area contributed by atoms with Crippen LogP contribution in [0.25, 0.3) is 0 Å². The highest BCUT2D eigenvalue weighted by Crippen LogP contribution is 2.49. The zero-order valence-corrected chi connectivity index (χ0v) is 64.0. The summed E-state index contributed by atoms with van der Waals surface area (Å²) < 4.78 is 4.76. The topological polar surface area (TPSA) is 178 Å². The third-order valence-corrected chi connectivity index (χ3v) is 23.3. The van der Waals surface area contributed by atoms with E-state index in [1.165, 1.54) is 46.2 Å². The van der Waals surface area contributed by atoms with Gasteiger partial charge in [-0.2, -0.15) is 0 Å². The van der Waals surface area contributed by atoms with Crippen LogP contribution in [0.5, 0.6) is 0 Å². The first-order chi connectivity index (χ1) is 49.7. The molecule has 0 spiro atoms. The van der Waals surface area contributed by atoms with E-state index in [1.807, 2.05) is 37.8 Å². The van der Waals surface area contributed by atoms with Gasteiger partial charge in [0.15, 0.2) is 23.1 Å². The molecule has 0 aliphatic carbocycles. The number of likely N-dealkylation sites (tertiary alicyclic amines) is 2. The number of nitrogens with one attached hydrogen (secondary N) is 3. The molecule has 6 aliphatic rings. The van der Waals surface area contributed by atoms with Crippen molar-refractivity contribution < 1.29 is 38.3 Å². The molecule has 3 amide bonds. The summed E-state index contributed by atoms with van der Waals surface area (Å²) >= 11 is 0. The standard InChI is InChI=1S/C51H68N4O6.C38H47N3O2/c1-32(2)34(5)48(58)53-28-10-12-43(53)45(56)30-35-14-18-37(19-15-35)41-26-27-42(55(41)40-24-22-39(23-25-40)51(6,7)8)38-20-16-36(17-21-38)31-46(57)44-13-11-29-54(44)49(59)47(33(3)4)52-50(60)61-9;1-38(2,3)30-16-18-31(19-17-30)41-34(28-12-8-26(9-13-28)24-36(42)32-6-4-22-39-32)20-21-35(41)29-14-10-27(11-15-29)25-37(43)33-7-5-23-40-33/h14-25,32-34,41-44,47H,10-13,26-31H2,1-9H3,(H,52,60);8-19,32-35,39-40H,4-7,20-25H2,1-3H3/t34?,41?,42?,43-,44-,47-;32-,33-,34?,35?/m00/s1. The molecule has 10 atom stereocenters. The number of nitrogens with zero attached hydrogens (tertiary/aromatic N) is 4. The van der Waals surface area contributed by atoms with Gasteiger partial charge in [0, 0.05) is 56.1 Å². The molecular weight excluding hydrogens is 1300 g/mol. The van der Waals surface area contributed by atoms with E-state index in [-0.39, 0.29) is 101 Å². The van der Waals surface area contributed by atoms with Crippen molar-refractivity contribution in [2.24, 2.45) is 17.8 Å². The van der Waals surface area contributed by atoms with Crippen LogP contribution in [0.1, 0.15) is 233 Å². The number of anilines is 2. The van der Waals surface area contributed by atoms with Crippen molar-refractivity contribution in [3.63, 3.8) is 0 Å². The number of ketones is 4. The first kappa shape index (κ1) is 76.8. The zero-order valence-electron chi connectivity index (χ0n) is 64.0. The Labute approximate surface area is 619 Å². The minimum atomic E-state index is -0.769. The Morgan fingerprint density at radius 3 is 1.03 bits per heavy atom. The van der Waals surface area contributed by atoms with E-state index in [9.17, 15) is 33.6 Å². The summed E-state index contributed by atoms with van der Waals surface area (Å²) in [5.74, 6) is 0.522. The smallest absolute Gasteiger partial charge is 0.407 e. The van der Waals surface area contributed by atoms with E-state index in [0.29, 0.717) is 50.3 Å². The third-order valence-electron chi connectivity index (χ3n) is 23.3. The van der Waals surface area contributed by atoms with Gasteiger partial charge in [-0.25, -0.2) is 4.79 Å². The summed E-state index contributed by atoms with van der Waals surface area (Å²) in [4.78, 5) is 100. The molecule has 12 rings (SSSR count). The average molecular weight is 1410 g/mol. The molecule has 6 aliphatic heterocycles. The van der Waals surface area contributed by atoms with Crippen LogP contribution in [0, 0.1) is 17.8 Å². The summed E-state index contributed by atoms with van der Waals surface area (Å²) in [6.07, 6.45) is 11.9. The van der Waals surface area contributed by atoms with Crippen molar-refractivity contribution in [3.05, 3.63) is 201 Å². The average Bonchev–Trinajstić information content (AvgIpc) is 1.60. The van der Waals surface area contributed by atoms with E-state index >= 15 is 0 Å². The highest BCUT2D eigenvalue weighted by molar-refractivity contribution is 5.94. The number of hydrogen-bond acceptors (Lipinski definition) is 12. The van der Waals surface area contributed by atoms with Crippen LogP contribution < -0.4 is 25.8 Å². The van der Waals surface area contributed by atoms with Crippen molar-refractivity contribution in [2.75, 3.05) is 43.1 Å². The Hall–Kier alpha value is -8.27. The van der Waals surface area contributed by atoms with Gasteiger partial charge in [0.05, 0.1) is 55.4 Å². The van der Waals surface area contributed by atoms with Crippen molar-refractivity contribution in [3.8, 4) is 0 Å². The lowest BCUT2D eigenvalue weighted by molar-refractivity contribution is -0.141. The number of methoxy groups -OCH3 is 1. The number of hydrogen-bond donors (Lipinski definition) is 3. The highest BCUT2D eigenvalue weighted by atomic mass is 16.5. The van der Waals surface area contributed by atoms with E-state index in [0.717, 1.165) is 112 Å². The lowest BCUT2D eigenvalue weighted by atomic mass is 9.87. The number of carbonyl (C=O) groups is 7. The number of Topliss-reactive ketones (excluding diaryl/α,β-unsaturated/α-hetero) is 4. The third kappa shape index (κ3) is 18.3. The van der Waals surface area contributed by atoms with Gasteiger partial charge in [-0.15, -0.1) is 0 Å². The molecular formula is C89H115N7O8. The van der Waals surface area contributed by atoms with Gasteiger partial charge < -0.3 is 40.3 Å². The number of rotatable bonds is 23. The summed E-state index contributed by atoms with van der Waals surface area (Å²) in [5.41, 5.74) is 14.1. The number of ether oxygens (including phenoxy) is 1. The van der Waals surface area contributed by atoms with Crippen LogP contribution in [0.15, 0.2) is 146 Å². The van der Waals surface area contributed by atoms with Crippen LogP contribution in [0.3, 0.4) is 0 Å². The Morgan fingerprint density at radius 1 is 0.413 bits per heavy atom. The Bertz CT molecular complexity index is 3840. The molecule has 0 aromatic heterocycles. The maximum atomic E-state index is 13.8. The van der Waals surface area contributed by atoms with Gasteiger partial charge in [-0.05, 0) is 193 Å². The second kappa shape index (κ2) is 33.9. The fourth-order valence-corrected chi connectivity index (χ4v) is 16.7. The van der Waals surface area contributed by atoms with Crippen LogP contribution >= 0.6 is 0 Å². The fraction of sp³-hybridized carbons (Fsp3) is 0.517. The van der Waals surface area contributed by atoms with Crippen LogP contribution in [-0.2, 0) is 70.0 Å². The second-order valence-corrected chi connectivity index (χ2v) is 33.2. The summed E-state index contributed by atoms with van der Waals surface area (Å²) in [7, 11) is 1.27. The summed E-state index contributed by atoms with van der Waals surface area (Å²) in [6, 6.07) is 51.6. The molecule has 15 heteroatoms. The van der Waals surface area contributed by atoms with Crippen molar-refractivity contribution >= 4 is 52.4 Å². The Morgan fingerprint density at radius 2 is 0.740 bits per heavy atom. The Balaban J connectivity index is 0.000000221. The van der Waals surface area contributed by atoms with E-state index < -0.39 is 18.2 Å². The predicted molar refractivity (Wildman–Crippen MR) is 415 cm³/mol. The largest absolute Gasteiger partial charge is 0.453 e. The van der Waals surface area contributed by atoms with Gasteiger partial charge in [0.2, 0.25) is 11.8 Å². The number of carbonyl (C=O) groups excluding carboxylic acids is 7. The highest BCUT2D eigenvalue weighted by Gasteiger charge is 2.42. The van der Waals surface area contributed by atoms with Gasteiger partial charge >= 0.3 is 6.09 Å². The first-order valence-corrected chi connectivity index (χ1v) is 38.9. The molecule has 0 bridgehead atoms. The summed E-state index contributed by atoms with van der Waals surface area (Å²) in [5, 5.41) is 9.34. The zero-order chi connectivity index (χ0) is 74.1. The maximum Gasteiger partial charge on any atom is 0.407 e. The maximum absolute atomic E-state index is 13.8. The molecule has 0 saturated carbocycles. The number of alkyl carbamates (subject to hydrolysis) is 1. The quantitative estimate of drug-likeness (QED) is 0.0554. The fourth-order valence-electron chi connectivity index (χ4n) is 16.7. The summed E-state index contributed by atoms with van der Waals surface area (Å²) in [6.45, 7) is 26.3. The minimum Gasteiger partial charge on any atom is -0.453 e. The SMILES string of the molecule is CC(C)(C)c1ccc(N2C(c3ccc(CC(=O)[C@@H]4CCCN4)cc3)CCC2c2ccc(CC(=O)[C@@H]3CCCN3)cc2)cc1.COC(=O)N[C@H](C(=O)N1CCC[C@H]1C(=O)Cc1ccc(C2CCC(c3ccc(CC(=O)[C@@H]4CCCN4C(=O)C(C)C(C)C)cc3)N2c2ccc(C(C)(C)C)cc2)cc1)C(C)C. The molecule has 6 aromatic rings. The van der Waals surface area contributed by atoms with E-state index in [2.05, 4.69) is 215 Å². The van der Waals surface area contributed by atoms with Crippen LogP contribution in [0.2, 0.25) is 0 Å². The molecule has 3 N–H and O–H groups in total. The second-order valence-electron chi connectivity index (χ2n) is 33.2. The van der Waals surface area contributed by atoms with Gasteiger partial charge in [-0.3, -0.25) is 28.8 Å². The van der Waals surface area contributed by atoms with E-state index in [1.54, 1.807) is 4.90 Å². The molecule has 104 heavy (non-hydrogen) atoms. The van der Waals surface area contributed by atoms with Crippen molar-refractivity contribution in [2.45, 2.75) is 244 Å². The number of amides is 3. The number of benzene rings is 6. The van der Waals surface area contributed by atoms with Crippen LogP contribution in [0.4, 0.5) is 16.2 Å². The molecule has 6 aromatic carbocycles. The first-order valence-electron chi connectivity index (χ1n) is 38.9. The monoisotopic (exact) mass is 1410 g/mol. The van der Waals surface area contributed by atoms with Crippen molar-refractivity contribution in [1.82, 2.24) is 25.8 Å². The lowest BCUT2D eigenvalue weighted by Gasteiger charge is -2.34. The normalized spacial score (nSPS) is 22.6. The molecule has 15 nitrogen and oxygen atoms in total. The molecule has 6 saturated heterocycles. The molecule has 6 fully saturated rings. The van der Waals surface area contributed by atoms with Gasteiger partial charge in [0.1, 0.15) is 6.04 Å². The van der Waals surface area contributed by atoms with Gasteiger partial charge in [-0.1, -0.05) is 197 Å². The minimum absolute atomic E-state index is 0.000554. The lowest BCUT2D eigenvalue weighted by Crippen LogP contribution is -2.53. The Kier molecular flexibility index (Phi) is 25.0. The molecule has 554 valence electrons. The molecule has 5 unspecified atom stereocenters.